The highest BCUT2D eigenvalue weighted by Gasteiger charge is 2.51. The van der Waals surface area contributed by atoms with Gasteiger partial charge in [0.2, 0.25) is 8.32 Å². The summed E-state index contributed by atoms with van der Waals surface area (Å²) in [6, 6.07) is 7.77. The van der Waals surface area contributed by atoms with Crippen LogP contribution >= 0.6 is 0 Å². The molecular formula is C34H55NO8Si. The second-order valence-electron chi connectivity index (χ2n) is 12.9. The summed E-state index contributed by atoms with van der Waals surface area (Å²) in [5.74, 6) is 0.277. The van der Waals surface area contributed by atoms with E-state index < -0.39 is 14.1 Å². The molecule has 1 aliphatic rings. The lowest BCUT2D eigenvalue weighted by atomic mass is 9.92. The average molecular weight is 634 g/mol. The maximum absolute atomic E-state index is 9.96. The van der Waals surface area contributed by atoms with Gasteiger partial charge in [0.1, 0.15) is 17.7 Å². The van der Waals surface area contributed by atoms with Crippen molar-refractivity contribution in [3.63, 3.8) is 0 Å². The number of hydrogen-bond donors (Lipinski definition) is 1. The van der Waals surface area contributed by atoms with Crippen molar-refractivity contribution >= 4 is 8.32 Å². The Labute approximate surface area is 265 Å². The maximum atomic E-state index is 9.96. The molecule has 2 aromatic rings. The van der Waals surface area contributed by atoms with E-state index in [-0.39, 0.29) is 24.9 Å². The highest BCUT2D eigenvalue weighted by molar-refractivity contribution is 6.77. The number of oxazole rings is 1. The predicted molar refractivity (Wildman–Crippen MR) is 173 cm³/mol. The predicted octanol–water partition coefficient (Wildman–Crippen LogP) is 6.98. The number of benzene rings is 1. The summed E-state index contributed by atoms with van der Waals surface area (Å²) >= 11 is 0. The van der Waals surface area contributed by atoms with Crippen LogP contribution in [0.2, 0.25) is 16.6 Å². The van der Waals surface area contributed by atoms with Gasteiger partial charge in [0.25, 0.3) is 0 Å². The van der Waals surface area contributed by atoms with Crippen molar-refractivity contribution in [3.8, 4) is 5.75 Å². The molecule has 0 spiro atoms. The highest BCUT2D eigenvalue weighted by atomic mass is 28.4. The molecule has 9 nitrogen and oxygen atoms in total. The lowest BCUT2D eigenvalue weighted by Crippen LogP contribution is -2.57. The van der Waals surface area contributed by atoms with Crippen LogP contribution in [0.3, 0.4) is 0 Å². The van der Waals surface area contributed by atoms with Crippen LogP contribution < -0.4 is 4.74 Å². The van der Waals surface area contributed by atoms with E-state index in [1.807, 2.05) is 37.3 Å². The summed E-state index contributed by atoms with van der Waals surface area (Å²) < 4.78 is 43.1. The Hall–Kier alpha value is -2.05. The first-order chi connectivity index (χ1) is 20.9. The molecule has 1 fully saturated rings. The summed E-state index contributed by atoms with van der Waals surface area (Å²) in [5.41, 5.74) is 3.74. The Morgan fingerprint density at radius 3 is 2.25 bits per heavy atom. The van der Waals surface area contributed by atoms with Crippen LogP contribution in [0.15, 0.2) is 46.6 Å². The summed E-state index contributed by atoms with van der Waals surface area (Å²) in [6.45, 7) is 16.3. The van der Waals surface area contributed by atoms with Crippen LogP contribution in [0.4, 0.5) is 0 Å². The number of rotatable bonds is 17. The van der Waals surface area contributed by atoms with Gasteiger partial charge >= 0.3 is 0 Å². The molecule has 0 unspecified atom stereocenters. The number of hydrogen-bond acceptors (Lipinski definition) is 9. The summed E-state index contributed by atoms with van der Waals surface area (Å²) in [4.78, 5) is 4.69. The molecule has 1 saturated heterocycles. The van der Waals surface area contributed by atoms with Crippen LogP contribution in [-0.2, 0) is 43.0 Å². The standard InChI is InChI=1S/C34H55NO8Si/c1-23(2)44(24(3)4,25(5)6)43-32(15-26(7)19-36)31-16-30(38-9)17-34(39-10,42-31)18-33-35-28(22-41-33)21-40-20-27-11-13-29(37-8)14-12-27/h11-15,22-25,30-32,36H,16-21H2,1-10H3/b26-15+/t30-,31-,32-,34+/m1/s1. The number of aromatic nitrogens is 1. The normalized spacial score (nSPS) is 22.3. The van der Waals surface area contributed by atoms with Gasteiger partial charge in [-0.1, -0.05) is 59.8 Å². The second-order valence-corrected chi connectivity index (χ2v) is 18.3. The third-order valence-electron chi connectivity index (χ3n) is 8.91. The molecule has 3 rings (SSSR count). The van der Waals surface area contributed by atoms with Crippen LogP contribution in [0.1, 0.15) is 78.5 Å². The zero-order valence-electron chi connectivity index (χ0n) is 28.4. The van der Waals surface area contributed by atoms with Crippen LogP contribution in [0.5, 0.6) is 5.75 Å². The molecule has 4 atom stereocenters. The maximum Gasteiger partial charge on any atom is 0.201 e. The van der Waals surface area contributed by atoms with Crippen molar-refractivity contribution in [2.45, 2.75) is 122 Å². The molecule has 1 aromatic carbocycles. The lowest BCUT2D eigenvalue weighted by Gasteiger charge is -2.49. The number of aliphatic hydroxyl groups is 1. The van der Waals surface area contributed by atoms with Crippen molar-refractivity contribution in [1.29, 1.82) is 0 Å². The van der Waals surface area contributed by atoms with E-state index in [0.717, 1.165) is 16.9 Å². The lowest BCUT2D eigenvalue weighted by molar-refractivity contribution is -0.297. The number of nitrogens with zero attached hydrogens (tertiary/aromatic N) is 1. The van der Waals surface area contributed by atoms with Gasteiger partial charge in [0.15, 0.2) is 11.7 Å². The van der Waals surface area contributed by atoms with Gasteiger partial charge < -0.3 is 37.6 Å². The van der Waals surface area contributed by atoms with E-state index in [9.17, 15) is 5.11 Å². The molecule has 44 heavy (non-hydrogen) atoms. The Kier molecular flexibility index (Phi) is 13.6. The molecule has 0 radical (unpaired) electrons. The molecule has 0 aliphatic carbocycles. The Morgan fingerprint density at radius 1 is 1.05 bits per heavy atom. The SMILES string of the molecule is COc1ccc(COCc2coc(C[C@]3(OC)C[C@H](OC)C[C@H]([C@@H](/C=C(\C)CO)O[Si](C(C)C)(C(C)C)C(C)C)O3)n2)cc1. The van der Waals surface area contributed by atoms with E-state index >= 15 is 0 Å². The molecule has 10 heteroatoms. The second kappa shape index (κ2) is 16.5. The molecule has 0 saturated carbocycles. The summed E-state index contributed by atoms with van der Waals surface area (Å²) in [7, 11) is 2.72. The van der Waals surface area contributed by atoms with Gasteiger partial charge in [-0.15, -0.1) is 0 Å². The fraction of sp³-hybridized carbons (Fsp3) is 0.676. The first kappa shape index (κ1) is 36.4. The monoisotopic (exact) mass is 633 g/mol. The quantitative estimate of drug-likeness (QED) is 0.146. The fourth-order valence-electron chi connectivity index (χ4n) is 6.68. The van der Waals surface area contributed by atoms with Crippen LogP contribution in [0.25, 0.3) is 0 Å². The molecule has 2 heterocycles. The topological polar surface area (TPSA) is 102 Å². The van der Waals surface area contributed by atoms with Gasteiger partial charge in [-0.25, -0.2) is 4.98 Å². The van der Waals surface area contributed by atoms with Gasteiger partial charge in [-0.2, -0.15) is 0 Å². The van der Waals surface area contributed by atoms with Gasteiger partial charge in [0.05, 0.1) is 51.7 Å². The van der Waals surface area contributed by atoms with Gasteiger partial charge in [-0.05, 0) is 46.8 Å². The van der Waals surface area contributed by atoms with Crippen LogP contribution in [0, 0.1) is 0 Å². The molecule has 0 bridgehead atoms. The number of ether oxygens (including phenoxy) is 5. The van der Waals surface area contributed by atoms with Gasteiger partial charge in [0, 0.05) is 27.1 Å². The minimum Gasteiger partial charge on any atom is -0.497 e. The average Bonchev–Trinajstić information content (AvgIpc) is 3.44. The number of aliphatic hydroxyl groups excluding tert-OH is 1. The molecule has 248 valence electrons. The van der Waals surface area contributed by atoms with E-state index in [1.165, 1.54) is 0 Å². The zero-order chi connectivity index (χ0) is 32.5. The third-order valence-corrected chi connectivity index (χ3v) is 15.0. The van der Waals surface area contributed by atoms with Crippen molar-refractivity contribution in [2.24, 2.45) is 0 Å². The van der Waals surface area contributed by atoms with Crippen molar-refractivity contribution in [1.82, 2.24) is 4.98 Å². The molecule has 1 aromatic heterocycles. The first-order valence-electron chi connectivity index (χ1n) is 15.8. The van der Waals surface area contributed by atoms with E-state index in [0.29, 0.717) is 60.7 Å². The minimum atomic E-state index is -2.29. The van der Waals surface area contributed by atoms with Crippen LogP contribution in [-0.4, -0.2) is 70.4 Å². The Bertz CT molecular complexity index is 1140. The zero-order valence-corrected chi connectivity index (χ0v) is 29.4. The van der Waals surface area contributed by atoms with E-state index in [4.69, 9.17) is 32.5 Å². The molecule has 0 amide bonds. The van der Waals surface area contributed by atoms with Crippen molar-refractivity contribution < 1.29 is 37.6 Å². The molecule has 1 aliphatic heterocycles. The largest absolute Gasteiger partial charge is 0.497 e. The molecule has 1 N–H and O–H groups in total. The molecular weight excluding hydrogens is 578 g/mol. The summed E-state index contributed by atoms with van der Waals surface area (Å²) in [6.07, 6.45) is 4.23. The van der Waals surface area contributed by atoms with E-state index in [1.54, 1.807) is 27.6 Å². The van der Waals surface area contributed by atoms with Gasteiger partial charge in [-0.3, -0.25) is 0 Å². The fourth-order valence-corrected chi connectivity index (χ4v) is 12.2. The number of methoxy groups -OCH3 is 3. The summed E-state index contributed by atoms with van der Waals surface area (Å²) in [5, 5.41) is 9.96. The Balaban J connectivity index is 1.81. The third kappa shape index (κ3) is 9.02. The van der Waals surface area contributed by atoms with Crippen molar-refractivity contribution in [2.75, 3.05) is 27.9 Å². The van der Waals surface area contributed by atoms with Crippen molar-refractivity contribution in [3.05, 3.63) is 59.3 Å². The highest BCUT2D eigenvalue weighted by Crippen LogP contribution is 2.45. The minimum absolute atomic E-state index is 0.0467. The van der Waals surface area contributed by atoms with E-state index in [2.05, 4.69) is 46.5 Å². The smallest absolute Gasteiger partial charge is 0.201 e. The first-order valence-corrected chi connectivity index (χ1v) is 17.9. The Morgan fingerprint density at radius 2 is 1.70 bits per heavy atom.